The maximum atomic E-state index is 12.9. The molecule has 0 bridgehead atoms. The summed E-state index contributed by atoms with van der Waals surface area (Å²) in [5, 5.41) is 10.4. The molecule has 3 atom stereocenters. The summed E-state index contributed by atoms with van der Waals surface area (Å²) in [7, 11) is 2.01. The lowest BCUT2D eigenvalue weighted by molar-refractivity contribution is -0.928. The van der Waals surface area contributed by atoms with Crippen LogP contribution in [0.5, 0.6) is 5.75 Å². The summed E-state index contributed by atoms with van der Waals surface area (Å²) < 4.78 is 39.3. The molecule has 4 nitrogen and oxygen atoms in total. The van der Waals surface area contributed by atoms with Crippen molar-refractivity contribution < 1.29 is 22.8 Å². The Balaban J connectivity index is 0.000000962. The van der Waals surface area contributed by atoms with E-state index in [0.717, 1.165) is 30.0 Å². The van der Waals surface area contributed by atoms with Gasteiger partial charge < -0.3 is 15.3 Å². The van der Waals surface area contributed by atoms with Gasteiger partial charge in [-0.2, -0.15) is 13.2 Å². The van der Waals surface area contributed by atoms with E-state index >= 15 is 0 Å². The van der Waals surface area contributed by atoms with E-state index in [2.05, 4.69) is 25.8 Å². The third kappa shape index (κ3) is 12.5. The van der Waals surface area contributed by atoms with Crippen molar-refractivity contribution in [1.29, 1.82) is 0 Å². The predicted octanol–water partition coefficient (Wildman–Crippen LogP) is 9.17. The SMILES string of the molecule is C/C(N)=C\C[N+]1(C)CCC=N/C=C(\C)C1c1ccc(C(F)(F)F)cc1O.CC.CCCCCCC(C)CC. The van der Waals surface area contributed by atoms with E-state index in [4.69, 9.17) is 5.73 Å². The van der Waals surface area contributed by atoms with Gasteiger partial charge in [0.05, 0.1) is 31.3 Å². The third-order valence-corrected chi connectivity index (χ3v) is 6.94. The Morgan fingerprint density at radius 2 is 1.87 bits per heavy atom. The molecule has 2 rings (SSSR count). The molecule has 1 aromatic rings. The average molecular weight is 541 g/mol. The molecule has 38 heavy (non-hydrogen) atoms. The van der Waals surface area contributed by atoms with Gasteiger partial charge in [-0.25, -0.2) is 0 Å². The maximum Gasteiger partial charge on any atom is 0.416 e. The van der Waals surface area contributed by atoms with Gasteiger partial charge in [-0.05, 0) is 44.0 Å². The fourth-order valence-electron chi connectivity index (χ4n) is 4.49. The third-order valence-electron chi connectivity index (χ3n) is 6.94. The number of rotatable bonds is 9. The quantitative estimate of drug-likeness (QED) is 0.242. The number of alkyl halides is 3. The summed E-state index contributed by atoms with van der Waals surface area (Å²) in [5.74, 6) is 0.594. The van der Waals surface area contributed by atoms with E-state index in [-0.39, 0.29) is 11.8 Å². The van der Waals surface area contributed by atoms with Gasteiger partial charge in [0.1, 0.15) is 11.8 Å². The molecule has 3 unspecified atom stereocenters. The number of quaternary nitrogens is 1. The Hall–Kier alpha value is -2.28. The smallest absolute Gasteiger partial charge is 0.416 e. The highest BCUT2D eigenvalue weighted by molar-refractivity contribution is 5.58. The number of nitrogens with zero attached hydrogens (tertiary/aromatic N) is 2. The number of nitrogens with two attached hydrogens (primary N) is 1. The molecule has 3 N–H and O–H groups in total. The minimum atomic E-state index is -4.50. The van der Waals surface area contributed by atoms with Gasteiger partial charge in [-0.15, -0.1) is 0 Å². The van der Waals surface area contributed by atoms with Gasteiger partial charge in [-0.3, -0.25) is 4.99 Å². The zero-order valence-electron chi connectivity index (χ0n) is 25.0. The van der Waals surface area contributed by atoms with Crippen LogP contribution in [0, 0.1) is 5.92 Å². The first-order valence-corrected chi connectivity index (χ1v) is 14.2. The Labute approximate surface area is 230 Å². The van der Waals surface area contributed by atoms with E-state index < -0.39 is 11.7 Å². The van der Waals surface area contributed by atoms with E-state index in [0.29, 0.717) is 28.8 Å². The van der Waals surface area contributed by atoms with Gasteiger partial charge in [0, 0.05) is 30.1 Å². The standard InChI is InChI=1S/C19H24F3N3O.C10H22.C2H6/c1-13-12-24-8-4-9-25(3,10-7-14(2)23)18(13)16-6-5-15(11-17(16)26)19(20,21)22;1-4-6-7-8-9-10(3)5-2;1-2/h5-8,11-12,18H,4,9-10,23H2,1-3H3;10H,4-9H2,1-3H3;1-2H3/p+1/b13-12+,14-7+,24-8?;;. The van der Waals surface area contributed by atoms with Crippen LogP contribution in [0.25, 0.3) is 0 Å². The largest absolute Gasteiger partial charge is 0.507 e. The zero-order chi connectivity index (χ0) is 29.4. The number of phenols is 1. The topological polar surface area (TPSA) is 58.6 Å². The molecule has 0 saturated heterocycles. The van der Waals surface area contributed by atoms with E-state index in [1.54, 1.807) is 13.1 Å². The summed E-state index contributed by atoms with van der Waals surface area (Å²) in [6.07, 6.45) is 10.1. The van der Waals surface area contributed by atoms with Crippen LogP contribution >= 0.6 is 0 Å². The summed E-state index contributed by atoms with van der Waals surface area (Å²) >= 11 is 0. The minimum absolute atomic E-state index is 0.328. The van der Waals surface area contributed by atoms with Gasteiger partial charge in [-0.1, -0.05) is 73.1 Å². The lowest BCUT2D eigenvalue weighted by Gasteiger charge is -2.42. The lowest BCUT2D eigenvalue weighted by atomic mass is 9.93. The van der Waals surface area contributed by atoms with Crippen LogP contribution < -0.4 is 5.73 Å². The van der Waals surface area contributed by atoms with E-state index in [1.807, 2.05) is 40.1 Å². The summed E-state index contributed by atoms with van der Waals surface area (Å²) in [6, 6.07) is 2.84. The second-order valence-electron chi connectivity index (χ2n) is 10.4. The lowest BCUT2D eigenvalue weighted by Crippen LogP contribution is -2.49. The van der Waals surface area contributed by atoms with Crippen molar-refractivity contribution in [3.63, 3.8) is 0 Å². The molecule has 0 aliphatic carbocycles. The first-order valence-electron chi connectivity index (χ1n) is 14.2. The van der Waals surface area contributed by atoms with Crippen LogP contribution in [-0.4, -0.2) is 35.9 Å². The Kier molecular flexibility index (Phi) is 17.0. The molecule has 218 valence electrons. The molecule has 1 aromatic carbocycles. The second kappa shape index (κ2) is 18.1. The van der Waals surface area contributed by atoms with Gasteiger partial charge >= 0.3 is 6.18 Å². The maximum absolute atomic E-state index is 12.9. The van der Waals surface area contributed by atoms with Crippen molar-refractivity contribution in [3.8, 4) is 5.75 Å². The Morgan fingerprint density at radius 1 is 1.21 bits per heavy atom. The number of likely N-dealkylation sites (N-methyl/N-ethyl adjacent to an activating group) is 1. The number of benzene rings is 1. The Bertz CT molecular complexity index is 889. The summed E-state index contributed by atoms with van der Waals surface area (Å²) in [6.45, 7) is 15.9. The molecular formula is C31H53F3N3O+. The summed E-state index contributed by atoms with van der Waals surface area (Å²) in [5.41, 5.74) is 6.92. The van der Waals surface area contributed by atoms with Crippen molar-refractivity contribution in [2.24, 2.45) is 16.6 Å². The number of aromatic hydroxyl groups is 1. The highest BCUT2D eigenvalue weighted by atomic mass is 19.4. The molecule has 0 amide bonds. The average Bonchev–Trinajstić information content (AvgIpc) is 2.86. The van der Waals surface area contributed by atoms with Crippen LogP contribution in [0.3, 0.4) is 0 Å². The molecule has 0 spiro atoms. The number of hydrogen-bond donors (Lipinski definition) is 2. The molecule has 0 radical (unpaired) electrons. The van der Waals surface area contributed by atoms with Crippen LogP contribution in [0.4, 0.5) is 13.2 Å². The van der Waals surface area contributed by atoms with Crippen molar-refractivity contribution >= 4 is 6.21 Å². The van der Waals surface area contributed by atoms with Crippen LogP contribution in [0.2, 0.25) is 0 Å². The van der Waals surface area contributed by atoms with Crippen molar-refractivity contribution in [1.82, 2.24) is 0 Å². The Morgan fingerprint density at radius 3 is 2.39 bits per heavy atom. The summed E-state index contributed by atoms with van der Waals surface area (Å²) in [4.78, 5) is 4.24. The van der Waals surface area contributed by atoms with Crippen molar-refractivity contribution in [2.75, 3.05) is 20.1 Å². The molecule has 1 aliphatic rings. The first-order chi connectivity index (χ1) is 17.9. The van der Waals surface area contributed by atoms with E-state index in [1.165, 1.54) is 44.6 Å². The number of phenolic OH excluding ortho intramolecular Hbond substituents is 1. The van der Waals surface area contributed by atoms with Gasteiger partial charge in [0.25, 0.3) is 0 Å². The van der Waals surface area contributed by atoms with Crippen LogP contribution in [0.1, 0.15) is 111 Å². The molecule has 0 aromatic heterocycles. The zero-order valence-corrected chi connectivity index (χ0v) is 25.0. The van der Waals surface area contributed by atoms with Crippen molar-refractivity contribution in [2.45, 2.75) is 106 Å². The highest BCUT2D eigenvalue weighted by Crippen LogP contribution is 2.41. The van der Waals surface area contributed by atoms with Crippen molar-refractivity contribution in [3.05, 3.63) is 52.9 Å². The fraction of sp³-hybridized carbons (Fsp3) is 0.645. The molecule has 7 heteroatoms. The molecule has 1 heterocycles. The number of hydrogen-bond acceptors (Lipinski definition) is 3. The number of allylic oxidation sites excluding steroid dienone is 1. The number of aliphatic imine (C=N–C) groups is 1. The first kappa shape index (κ1) is 35.7. The minimum Gasteiger partial charge on any atom is -0.507 e. The fourth-order valence-corrected chi connectivity index (χ4v) is 4.49. The molecule has 0 saturated carbocycles. The van der Waals surface area contributed by atoms with Gasteiger partial charge in [0.2, 0.25) is 0 Å². The predicted molar refractivity (Wildman–Crippen MR) is 156 cm³/mol. The van der Waals surface area contributed by atoms with Gasteiger partial charge in [0.15, 0.2) is 0 Å². The molecule has 0 fully saturated rings. The normalized spacial score (nSPS) is 22.0. The molecular weight excluding hydrogens is 487 g/mol. The molecule has 1 aliphatic heterocycles. The number of unbranched alkanes of at least 4 members (excludes halogenated alkanes) is 3. The van der Waals surface area contributed by atoms with Crippen LogP contribution in [-0.2, 0) is 6.18 Å². The number of halogens is 3. The monoisotopic (exact) mass is 540 g/mol. The second-order valence-corrected chi connectivity index (χ2v) is 10.4. The van der Waals surface area contributed by atoms with Crippen LogP contribution in [0.15, 0.2) is 46.7 Å². The van der Waals surface area contributed by atoms with E-state index in [9.17, 15) is 18.3 Å². The highest BCUT2D eigenvalue weighted by Gasteiger charge is 2.38.